The molecule has 2 aliphatic rings. The number of pyridine rings is 1. The predicted molar refractivity (Wildman–Crippen MR) is 135 cm³/mol. The Kier molecular flexibility index (Phi) is 9.39. The first-order valence-electron chi connectivity index (χ1n) is 12.8. The smallest absolute Gasteiger partial charge is 0.317 e. The minimum Gasteiger partial charge on any atom is -0.472 e. The van der Waals surface area contributed by atoms with Crippen LogP contribution in [0.2, 0.25) is 0 Å². The summed E-state index contributed by atoms with van der Waals surface area (Å²) in [7, 11) is 1.73. The monoisotopic (exact) mass is 484 g/mol. The highest BCUT2D eigenvalue weighted by molar-refractivity contribution is 5.97. The van der Waals surface area contributed by atoms with Gasteiger partial charge in [-0.05, 0) is 39.7 Å². The number of hydrogen-bond acceptors (Lipinski definition) is 5. The van der Waals surface area contributed by atoms with Crippen LogP contribution in [0.15, 0.2) is 12.3 Å². The number of urea groups is 1. The molecule has 1 aliphatic heterocycles. The van der Waals surface area contributed by atoms with Gasteiger partial charge >= 0.3 is 6.03 Å². The van der Waals surface area contributed by atoms with Crippen LogP contribution >= 0.6 is 0 Å². The van der Waals surface area contributed by atoms with Gasteiger partial charge in [-0.2, -0.15) is 0 Å². The molecule has 0 aromatic carbocycles. The first-order valence-corrected chi connectivity index (χ1v) is 12.8. The molecule has 0 radical (unpaired) electrons. The van der Waals surface area contributed by atoms with Crippen LogP contribution in [0.4, 0.5) is 4.79 Å². The molecule has 0 unspecified atom stereocenters. The SMILES string of the molecule is CC(C)NC(=O)N(C)C[C@@H]1Oc2ncc(C#CC3CCCCC3)cc2C(=O)N([C@@H](C)CO)C[C@@H]1C. The van der Waals surface area contributed by atoms with Gasteiger partial charge in [-0.15, -0.1) is 0 Å². The fourth-order valence-corrected chi connectivity index (χ4v) is 4.53. The lowest BCUT2D eigenvalue weighted by Gasteiger charge is -2.37. The van der Waals surface area contributed by atoms with Gasteiger partial charge < -0.3 is 25.0 Å². The molecular formula is C27H40N4O4. The van der Waals surface area contributed by atoms with Crippen LogP contribution in [0.5, 0.6) is 5.88 Å². The summed E-state index contributed by atoms with van der Waals surface area (Å²) >= 11 is 0. The van der Waals surface area contributed by atoms with E-state index in [-0.39, 0.29) is 48.5 Å². The maximum atomic E-state index is 13.5. The Morgan fingerprint density at radius 2 is 2.03 bits per heavy atom. The third-order valence-electron chi connectivity index (χ3n) is 6.76. The van der Waals surface area contributed by atoms with E-state index in [0.717, 1.165) is 12.8 Å². The molecule has 8 nitrogen and oxygen atoms in total. The summed E-state index contributed by atoms with van der Waals surface area (Å²) in [4.78, 5) is 33.8. The molecule has 0 spiro atoms. The summed E-state index contributed by atoms with van der Waals surface area (Å²) < 4.78 is 6.27. The average Bonchev–Trinajstić information content (AvgIpc) is 2.84. The van der Waals surface area contributed by atoms with Crippen molar-refractivity contribution in [2.75, 3.05) is 26.7 Å². The quantitative estimate of drug-likeness (QED) is 0.626. The third kappa shape index (κ3) is 7.11. The van der Waals surface area contributed by atoms with Gasteiger partial charge in [-0.3, -0.25) is 4.79 Å². The van der Waals surface area contributed by atoms with Gasteiger partial charge in [0.25, 0.3) is 5.91 Å². The van der Waals surface area contributed by atoms with Crippen LogP contribution in [0.1, 0.15) is 75.7 Å². The maximum Gasteiger partial charge on any atom is 0.317 e. The van der Waals surface area contributed by atoms with Gasteiger partial charge in [0.2, 0.25) is 5.88 Å². The molecule has 3 rings (SSSR count). The Balaban J connectivity index is 1.90. The number of ether oxygens (including phenoxy) is 1. The number of likely N-dealkylation sites (N-methyl/N-ethyl adjacent to an activating group) is 1. The number of carbonyl (C=O) groups excluding carboxylic acids is 2. The number of aliphatic hydroxyl groups excluding tert-OH is 1. The lowest BCUT2D eigenvalue weighted by molar-refractivity contribution is 0.0351. The molecule has 1 aliphatic carbocycles. The highest BCUT2D eigenvalue weighted by Crippen LogP contribution is 2.28. The first-order chi connectivity index (χ1) is 16.7. The lowest BCUT2D eigenvalue weighted by Crippen LogP contribution is -2.51. The number of aliphatic hydroxyl groups is 1. The van der Waals surface area contributed by atoms with Crippen LogP contribution in [0.3, 0.4) is 0 Å². The number of rotatable bonds is 5. The van der Waals surface area contributed by atoms with Crippen LogP contribution in [-0.4, -0.2) is 76.8 Å². The van der Waals surface area contributed by atoms with Gasteiger partial charge in [0, 0.05) is 43.2 Å². The topological polar surface area (TPSA) is 95.0 Å². The Hall–Kier alpha value is -2.79. The summed E-state index contributed by atoms with van der Waals surface area (Å²) in [6, 6.07) is 1.22. The zero-order valence-electron chi connectivity index (χ0n) is 21.7. The second-order valence-electron chi connectivity index (χ2n) is 10.3. The zero-order chi connectivity index (χ0) is 25.5. The molecule has 3 amide bonds. The van der Waals surface area contributed by atoms with Crippen LogP contribution in [0.25, 0.3) is 0 Å². The average molecular weight is 485 g/mol. The number of amides is 3. The van der Waals surface area contributed by atoms with Crippen LogP contribution < -0.4 is 10.1 Å². The van der Waals surface area contributed by atoms with Crippen LogP contribution in [-0.2, 0) is 0 Å². The molecule has 2 N–H and O–H groups in total. The molecule has 1 fully saturated rings. The molecular weight excluding hydrogens is 444 g/mol. The molecule has 35 heavy (non-hydrogen) atoms. The minimum absolute atomic E-state index is 0.0228. The zero-order valence-corrected chi connectivity index (χ0v) is 21.7. The highest BCUT2D eigenvalue weighted by Gasteiger charge is 2.34. The predicted octanol–water partition coefficient (Wildman–Crippen LogP) is 3.28. The molecule has 1 aromatic heterocycles. The summed E-state index contributed by atoms with van der Waals surface area (Å²) in [5, 5.41) is 12.7. The number of nitrogens with zero attached hydrogens (tertiary/aromatic N) is 3. The maximum absolute atomic E-state index is 13.5. The molecule has 8 heteroatoms. The molecule has 0 saturated heterocycles. The van der Waals surface area contributed by atoms with Gasteiger partial charge in [0.1, 0.15) is 11.7 Å². The fourth-order valence-electron chi connectivity index (χ4n) is 4.53. The van der Waals surface area contributed by atoms with Crippen LogP contribution in [0, 0.1) is 23.7 Å². The van der Waals surface area contributed by atoms with E-state index in [1.165, 1.54) is 19.3 Å². The van der Waals surface area contributed by atoms with E-state index in [1.54, 1.807) is 29.1 Å². The van der Waals surface area contributed by atoms with E-state index < -0.39 is 0 Å². The van der Waals surface area contributed by atoms with Crippen molar-refractivity contribution in [3.8, 4) is 17.7 Å². The summed E-state index contributed by atoms with van der Waals surface area (Å²) in [6.07, 6.45) is 7.21. The summed E-state index contributed by atoms with van der Waals surface area (Å²) in [6.45, 7) is 8.21. The van der Waals surface area contributed by atoms with Crippen molar-refractivity contribution in [3.05, 3.63) is 23.4 Å². The van der Waals surface area contributed by atoms with Crippen molar-refractivity contribution < 1.29 is 19.4 Å². The van der Waals surface area contributed by atoms with E-state index in [1.807, 2.05) is 27.7 Å². The number of fused-ring (bicyclic) bond motifs is 1. The molecule has 0 bridgehead atoms. The van der Waals surface area contributed by atoms with Crippen molar-refractivity contribution >= 4 is 11.9 Å². The summed E-state index contributed by atoms with van der Waals surface area (Å²) in [5.74, 6) is 6.87. The standard InChI is InChI=1S/C27H40N4O4/c1-18(2)29-27(34)30(5)16-24-19(3)15-31(20(4)17-32)26(33)23-13-22(14-28-25(23)35-24)12-11-21-9-7-6-8-10-21/h13-14,18-21,24,32H,6-10,15-17H2,1-5H3,(H,29,34)/t19-,20-,24-/m0/s1. The van der Waals surface area contributed by atoms with E-state index in [9.17, 15) is 14.7 Å². The summed E-state index contributed by atoms with van der Waals surface area (Å²) in [5.41, 5.74) is 1.02. The normalized spacial score (nSPS) is 21.7. The molecule has 1 saturated carbocycles. The second-order valence-corrected chi connectivity index (χ2v) is 10.3. The molecule has 2 heterocycles. The van der Waals surface area contributed by atoms with Gasteiger partial charge in [-0.1, -0.05) is 38.0 Å². The van der Waals surface area contributed by atoms with E-state index in [0.29, 0.717) is 30.1 Å². The van der Waals surface area contributed by atoms with Crippen molar-refractivity contribution in [2.45, 2.75) is 78.0 Å². The minimum atomic E-state index is -0.384. The van der Waals surface area contributed by atoms with Crippen molar-refractivity contribution in [2.24, 2.45) is 11.8 Å². The number of aromatic nitrogens is 1. The number of hydrogen-bond donors (Lipinski definition) is 2. The van der Waals surface area contributed by atoms with Crippen molar-refractivity contribution in [1.82, 2.24) is 20.1 Å². The lowest BCUT2D eigenvalue weighted by atomic mass is 9.90. The Bertz CT molecular complexity index is 948. The highest BCUT2D eigenvalue weighted by atomic mass is 16.5. The second kappa shape index (κ2) is 12.3. The van der Waals surface area contributed by atoms with Gasteiger partial charge in [-0.25, -0.2) is 9.78 Å². The van der Waals surface area contributed by atoms with Gasteiger partial charge in [0.05, 0.1) is 19.2 Å². The Morgan fingerprint density at radius 1 is 1.31 bits per heavy atom. The third-order valence-corrected chi connectivity index (χ3v) is 6.76. The largest absolute Gasteiger partial charge is 0.472 e. The van der Waals surface area contributed by atoms with E-state index >= 15 is 0 Å². The molecule has 192 valence electrons. The van der Waals surface area contributed by atoms with Crippen molar-refractivity contribution in [3.63, 3.8) is 0 Å². The fraction of sp³-hybridized carbons (Fsp3) is 0.667. The Labute approximate surface area is 209 Å². The van der Waals surface area contributed by atoms with E-state index in [4.69, 9.17) is 4.74 Å². The van der Waals surface area contributed by atoms with Gasteiger partial charge in [0.15, 0.2) is 0 Å². The van der Waals surface area contributed by atoms with E-state index in [2.05, 4.69) is 22.1 Å². The number of carbonyl (C=O) groups is 2. The first kappa shape index (κ1) is 26.8. The number of nitrogens with one attached hydrogen (secondary N) is 1. The Morgan fingerprint density at radius 3 is 2.69 bits per heavy atom. The molecule has 3 atom stereocenters. The van der Waals surface area contributed by atoms with Crippen molar-refractivity contribution in [1.29, 1.82) is 0 Å². The molecule has 1 aromatic rings.